The van der Waals surface area contributed by atoms with Gasteiger partial charge >= 0.3 is 0 Å². The van der Waals surface area contributed by atoms with Gasteiger partial charge in [-0.3, -0.25) is 0 Å². The van der Waals surface area contributed by atoms with Crippen molar-refractivity contribution in [2.45, 2.75) is 47.0 Å². The molecule has 0 saturated heterocycles. The van der Waals surface area contributed by atoms with Crippen LogP contribution in [0.1, 0.15) is 47.0 Å². The molecule has 0 amide bonds. The van der Waals surface area contributed by atoms with Crippen LogP contribution in [0.5, 0.6) is 0 Å². The Kier molecular flexibility index (Phi) is 5.87. The molecular formula is C11H22O. The van der Waals surface area contributed by atoms with Crippen molar-refractivity contribution < 1.29 is 4.74 Å². The number of hydrogen-bond acceptors (Lipinski definition) is 1. The zero-order valence-corrected chi connectivity index (χ0v) is 9.11. The summed E-state index contributed by atoms with van der Waals surface area (Å²) in [5.41, 5.74) is 1.41. The lowest BCUT2D eigenvalue weighted by Crippen LogP contribution is -2.03. The maximum Gasteiger partial charge on any atom is 0.0972 e. The van der Waals surface area contributed by atoms with Gasteiger partial charge in [0.25, 0.3) is 0 Å². The minimum atomic E-state index is 0.571. The highest BCUT2D eigenvalue weighted by Gasteiger charge is 2.09. The molecule has 1 unspecified atom stereocenters. The average molecular weight is 170 g/mol. The zero-order valence-electron chi connectivity index (χ0n) is 9.11. The van der Waals surface area contributed by atoms with E-state index in [4.69, 9.17) is 4.74 Å². The Morgan fingerprint density at radius 2 is 1.92 bits per heavy atom. The van der Waals surface area contributed by atoms with Gasteiger partial charge in [0.15, 0.2) is 0 Å². The molecule has 12 heavy (non-hydrogen) atoms. The molecule has 0 fully saturated rings. The molecule has 0 N–H and O–H groups in total. The van der Waals surface area contributed by atoms with Crippen molar-refractivity contribution in [3.05, 3.63) is 11.3 Å². The molecule has 0 aliphatic carbocycles. The third kappa shape index (κ3) is 3.29. The SMILES string of the molecule is CCCC(C)=C(OC)C(C)CC. The molecule has 1 atom stereocenters. The Morgan fingerprint density at radius 1 is 1.33 bits per heavy atom. The largest absolute Gasteiger partial charge is 0.501 e. The highest BCUT2D eigenvalue weighted by molar-refractivity contribution is 5.08. The first-order valence-corrected chi connectivity index (χ1v) is 4.90. The van der Waals surface area contributed by atoms with Crippen molar-refractivity contribution in [1.29, 1.82) is 0 Å². The van der Waals surface area contributed by atoms with Gasteiger partial charge in [-0.2, -0.15) is 0 Å². The summed E-state index contributed by atoms with van der Waals surface area (Å²) in [6, 6.07) is 0. The van der Waals surface area contributed by atoms with E-state index < -0.39 is 0 Å². The maximum atomic E-state index is 5.40. The van der Waals surface area contributed by atoms with Crippen molar-refractivity contribution in [2.75, 3.05) is 7.11 Å². The number of hydrogen-bond donors (Lipinski definition) is 0. The molecule has 1 heteroatoms. The molecule has 0 radical (unpaired) electrons. The second kappa shape index (κ2) is 6.10. The fraction of sp³-hybridized carbons (Fsp3) is 0.818. The standard InChI is InChI=1S/C11H22O/c1-6-8-10(4)11(12-5)9(3)7-2/h9H,6-8H2,1-5H3. The zero-order chi connectivity index (χ0) is 9.56. The predicted molar refractivity (Wildman–Crippen MR) is 54.1 cm³/mol. The molecule has 0 bridgehead atoms. The number of rotatable bonds is 5. The number of ether oxygens (including phenoxy) is 1. The quantitative estimate of drug-likeness (QED) is 0.571. The van der Waals surface area contributed by atoms with Crippen LogP contribution in [0.2, 0.25) is 0 Å². The Bertz CT molecular complexity index is 147. The van der Waals surface area contributed by atoms with Gasteiger partial charge in [0.2, 0.25) is 0 Å². The smallest absolute Gasteiger partial charge is 0.0972 e. The molecular weight excluding hydrogens is 148 g/mol. The Morgan fingerprint density at radius 3 is 2.25 bits per heavy atom. The molecule has 1 nitrogen and oxygen atoms in total. The van der Waals surface area contributed by atoms with Crippen molar-refractivity contribution >= 4 is 0 Å². The summed E-state index contributed by atoms with van der Waals surface area (Å²) < 4.78 is 5.40. The Balaban J connectivity index is 4.37. The van der Waals surface area contributed by atoms with Crippen molar-refractivity contribution in [2.24, 2.45) is 5.92 Å². The van der Waals surface area contributed by atoms with E-state index in [1.165, 1.54) is 17.8 Å². The van der Waals surface area contributed by atoms with Gasteiger partial charge in [-0.25, -0.2) is 0 Å². The summed E-state index contributed by atoms with van der Waals surface area (Å²) in [6.45, 7) is 8.79. The van der Waals surface area contributed by atoms with Gasteiger partial charge in [-0.05, 0) is 25.3 Å². The van der Waals surface area contributed by atoms with Gasteiger partial charge in [-0.1, -0.05) is 27.2 Å². The van der Waals surface area contributed by atoms with E-state index in [1.807, 2.05) is 0 Å². The molecule has 72 valence electrons. The van der Waals surface area contributed by atoms with Crippen LogP contribution in [-0.2, 0) is 4.74 Å². The third-order valence-electron chi connectivity index (χ3n) is 2.33. The summed E-state index contributed by atoms with van der Waals surface area (Å²) in [7, 11) is 1.78. The monoisotopic (exact) mass is 170 g/mol. The molecule has 0 aromatic rings. The molecule has 0 aromatic carbocycles. The highest BCUT2D eigenvalue weighted by Crippen LogP contribution is 2.21. The molecule has 0 rings (SSSR count). The van der Waals surface area contributed by atoms with Crippen molar-refractivity contribution in [1.82, 2.24) is 0 Å². The fourth-order valence-electron chi connectivity index (χ4n) is 1.48. The van der Waals surface area contributed by atoms with Gasteiger partial charge in [-0.15, -0.1) is 0 Å². The van der Waals surface area contributed by atoms with Crippen molar-refractivity contribution in [3.8, 4) is 0 Å². The van der Waals surface area contributed by atoms with Crippen LogP contribution in [-0.4, -0.2) is 7.11 Å². The lowest BCUT2D eigenvalue weighted by atomic mass is 10.0. The first-order chi connectivity index (χ1) is 5.67. The average Bonchev–Trinajstić information content (AvgIpc) is 2.06. The summed E-state index contributed by atoms with van der Waals surface area (Å²) in [4.78, 5) is 0. The summed E-state index contributed by atoms with van der Waals surface area (Å²) >= 11 is 0. The van der Waals surface area contributed by atoms with Crippen LogP contribution in [0, 0.1) is 5.92 Å². The lowest BCUT2D eigenvalue weighted by Gasteiger charge is -2.16. The molecule has 0 aliphatic heterocycles. The third-order valence-corrected chi connectivity index (χ3v) is 2.33. The van der Waals surface area contributed by atoms with Crippen LogP contribution in [0.25, 0.3) is 0 Å². The normalized spacial score (nSPS) is 15.4. The fourth-order valence-corrected chi connectivity index (χ4v) is 1.48. The van der Waals surface area contributed by atoms with Crippen molar-refractivity contribution in [3.63, 3.8) is 0 Å². The molecule has 0 spiro atoms. The first kappa shape index (κ1) is 11.5. The predicted octanol–water partition coefficient (Wildman–Crippen LogP) is 3.75. The molecule has 0 aromatic heterocycles. The second-order valence-electron chi connectivity index (χ2n) is 3.41. The summed E-state index contributed by atoms with van der Waals surface area (Å²) in [6.07, 6.45) is 3.52. The first-order valence-electron chi connectivity index (χ1n) is 4.90. The van der Waals surface area contributed by atoms with E-state index in [-0.39, 0.29) is 0 Å². The Hall–Kier alpha value is -0.460. The van der Waals surface area contributed by atoms with E-state index >= 15 is 0 Å². The van der Waals surface area contributed by atoms with Gasteiger partial charge < -0.3 is 4.74 Å². The van der Waals surface area contributed by atoms with Crippen LogP contribution in [0.4, 0.5) is 0 Å². The van der Waals surface area contributed by atoms with E-state index in [9.17, 15) is 0 Å². The van der Waals surface area contributed by atoms with Crippen LogP contribution in [0.3, 0.4) is 0 Å². The van der Waals surface area contributed by atoms with E-state index in [1.54, 1.807) is 7.11 Å². The number of methoxy groups -OCH3 is 1. The van der Waals surface area contributed by atoms with E-state index in [0.29, 0.717) is 5.92 Å². The molecule has 0 heterocycles. The lowest BCUT2D eigenvalue weighted by molar-refractivity contribution is 0.238. The van der Waals surface area contributed by atoms with Gasteiger partial charge in [0.1, 0.15) is 0 Å². The van der Waals surface area contributed by atoms with Gasteiger partial charge in [0.05, 0.1) is 12.9 Å². The van der Waals surface area contributed by atoms with E-state index in [2.05, 4.69) is 27.7 Å². The minimum absolute atomic E-state index is 0.571. The van der Waals surface area contributed by atoms with Gasteiger partial charge in [0, 0.05) is 5.92 Å². The highest BCUT2D eigenvalue weighted by atomic mass is 16.5. The van der Waals surface area contributed by atoms with E-state index in [0.717, 1.165) is 12.8 Å². The molecule has 0 saturated carbocycles. The summed E-state index contributed by atoms with van der Waals surface area (Å²) in [5.74, 6) is 1.76. The van der Waals surface area contributed by atoms with Crippen LogP contribution >= 0.6 is 0 Å². The Labute approximate surface area is 76.8 Å². The minimum Gasteiger partial charge on any atom is -0.501 e. The van der Waals surface area contributed by atoms with Crippen LogP contribution < -0.4 is 0 Å². The maximum absolute atomic E-state index is 5.40. The molecule has 0 aliphatic rings. The summed E-state index contributed by atoms with van der Waals surface area (Å²) in [5, 5.41) is 0. The topological polar surface area (TPSA) is 9.23 Å². The van der Waals surface area contributed by atoms with Crippen LogP contribution in [0.15, 0.2) is 11.3 Å². The second-order valence-corrected chi connectivity index (χ2v) is 3.41. The number of allylic oxidation sites excluding steroid dienone is 2.